The van der Waals surface area contributed by atoms with Crippen molar-refractivity contribution in [3.05, 3.63) is 44.5 Å². The van der Waals surface area contributed by atoms with Crippen LogP contribution < -0.4 is 98.5 Å². The SMILES string of the molecule is CC(C)=O.CC=O.[B][B]c1c([B])c(C)c(NN)c(B([B])[B])c1C.[B][B]c1c([B])c(C)c(NN=C(C)C)c(B([B])[B])c1C.[B][B]c1c([B])c(C)c(NN=CC)c(B([B])[B])c1C.[B][B]c1c([B])c(C)c(NNC(C)=O)c(B([B])[B])c1C. The summed E-state index contributed by atoms with van der Waals surface area (Å²) >= 11 is 0. The Morgan fingerprint density at radius 3 is 0.975 bits per heavy atom. The Labute approximate surface area is 500 Å². The number of Topliss-reactive ketones (excluding diaryl/α,β-unsaturated/α-hetero) is 1. The molecule has 0 aliphatic rings. The van der Waals surface area contributed by atoms with Crippen molar-refractivity contribution in [3.8, 4) is 0 Å². The lowest BCUT2D eigenvalue weighted by atomic mass is 9.16. The molecule has 7 N–H and O–H groups in total. The molecule has 4 aromatic rings. The highest BCUT2D eigenvalue weighted by molar-refractivity contribution is 7.37. The number of ketones is 1. The van der Waals surface area contributed by atoms with Crippen molar-refractivity contribution in [2.75, 3.05) is 21.7 Å². The molecule has 0 saturated carbocycles. The van der Waals surface area contributed by atoms with Gasteiger partial charge in [0.05, 0.1) is 66.0 Å². The zero-order chi connectivity index (χ0) is 62.1. The number of carbonyl (C=O) groups is 3. The summed E-state index contributed by atoms with van der Waals surface area (Å²) in [6.07, 6.45) is 2.39. The molecule has 0 unspecified atom stereocenters. The minimum absolute atomic E-state index is 0.167. The van der Waals surface area contributed by atoms with Crippen LogP contribution in [0.5, 0.6) is 0 Å². The van der Waals surface area contributed by atoms with E-state index >= 15 is 0 Å². The molecule has 0 spiro atoms. The summed E-state index contributed by atoms with van der Waals surface area (Å²) in [4.78, 5) is 29.3. The number of rotatable bonds is 15. The zero-order valence-corrected chi connectivity index (χ0v) is 48.7. The van der Waals surface area contributed by atoms with Gasteiger partial charge in [-0.1, -0.05) is 66.0 Å². The molecule has 4 rings (SSSR count). The third kappa shape index (κ3) is 21.9. The highest BCUT2D eigenvalue weighted by Crippen LogP contribution is 2.14. The number of nitrogens with zero attached hydrogens (tertiary/aromatic N) is 2. The first-order valence-electron chi connectivity index (χ1n) is 24.5. The van der Waals surface area contributed by atoms with Crippen molar-refractivity contribution in [2.24, 2.45) is 16.0 Å². The number of hydrogen-bond acceptors (Lipinski definition) is 10. The lowest BCUT2D eigenvalue weighted by Crippen LogP contribution is -2.48. The van der Waals surface area contributed by atoms with Gasteiger partial charge >= 0.3 is 0 Å². The quantitative estimate of drug-likeness (QED) is 0.0225. The van der Waals surface area contributed by atoms with E-state index in [-0.39, 0.29) is 11.7 Å². The number of anilines is 4. The van der Waals surface area contributed by atoms with Crippen LogP contribution in [-0.4, -0.2) is 209 Å². The average Bonchev–Trinajstić information content (AvgIpc) is 3.35. The molecule has 1 amide bonds. The van der Waals surface area contributed by atoms with E-state index in [4.69, 9.17) is 135 Å². The molecule has 0 fully saturated rings. The molecule has 0 atom stereocenters. The number of nitrogens with one attached hydrogen (secondary N) is 5. The van der Waals surface area contributed by atoms with Crippen LogP contribution in [-0.2, 0) is 14.4 Å². The standard InChI is InChI=1S/C11H13B6N2.C10H11B6N2O.C10H11B6N2.C8H9B6N2.C3H6O.C2H4O/c1-5(2)18-19-11-6(3)8(12)9(16-13)7(4)10(11)17(14)15;1-4-7(11)8(15-12)5(2)9(16(13)14)10(4)18-17-6(3)19;1-4-17-18-10-5(2)7(11)8(15-12)6(3)9(10)16(13)14;1-3-5(9)6(13-10)4(2)7(14(11)12)8(3)16-15;1-3(2)4;1-2-3/h19H,1-4H3;18H,1-3H3,(H,17,19);4,18H,1-3H3;16H,15H2,1-2H3;1-2H3;2H,1H3. The van der Waals surface area contributed by atoms with Gasteiger partial charge in [-0.15, -0.1) is 21.9 Å². The number of hydrogen-bond donors (Lipinski definition) is 6. The van der Waals surface area contributed by atoms with Crippen LogP contribution >= 0.6 is 0 Å². The summed E-state index contributed by atoms with van der Waals surface area (Å²) in [5.41, 5.74) is 32.2. The van der Waals surface area contributed by atoms with Crippen LogP contribution in [0.2, 0.25) is 0 Å². The topological polar surface area (TPSA) is 162 Å². The predicted molar refractivity (Wildman–Crippen MR) is 371 cm³/mol. The minimum Gasteiger partial charge on any atom is -0.324 e. The maximum Gasteiger partial charge on any atom is 0.235 e. The van der Waals surface area contributed by atoms with Crippen LogP contribution in [0.25, 0.3) is 0 Å². The van der Waals surface area contributed by atoms with Crippen LogP contribution in [0.1, 0.15) is 93.0 Å². The third-order valence-electron chi connectivity index (χ3n) is 11.8. The molecule has 35 heteroatoms. The maximum absolute atomic E-state index is 11.0. The van der Waals surface area contributed by atoms with Gasteiger partial charge in [0, 0.05) is 123 Å². The van der Waals surface area contributed by atoms with Crippen LogP contribution in [0, 0.1) is 55.4 Å². The smallest absolute Gasteiger partial charge is 0.235 e. The van der Waals surface area contributed by atoms with Gasteiger partial charge in [-0.3, -0.25) is 32.3 Å². The van der Waals surface area contributed by atoms with Crippen molar-refractivity contribution in [1.82, 2.24) is 5.43 Å². The summed E-state index contributed by atoms with van der Waals surface area (Å²) in [6.45, 7) is 23.7. The van der Waals surface area contributed by atoms with E-state index in [0.29, 0.717) is 44.2 Å². The Morgan fingerprint density at radius 1 is 0.481 bits per heavy atom. The number of hydrazine groups is 2. The fourth-order valence-corrected chi connectivity index (χ4v) is 7.90. The fourth-order valence-electron chi connectivity index (χ4n) is 7.90. The van der Waals surface area contributed by atoms with Gasteiger partial charge in [0.15, 0.2) is 0 Å². The van der Waals surface area contributed by atoms with Crippen molar-refractivity contribution >= 4 is 297 Å². The molecule has 36 radical (unpaired) electrons. The molecule has 0 aromatic heterocycles. The Kier molecular flexibility index (Phi) is 36.7. The number of aldehydes is 1. The van der Waals surface area contributed by atoms with E-state index in [1.165, 1.54) is 56.4 Å². The van der Waals surface area contributed by atoms with Crippen LogP contribution in [0.15, 0.2) is 10.2 Å². The van der Waals surface area contributed by atoms with E-state index in [0.717, 1.165) is 101 Å². The van der Waals surface area contributed by atoms with E-state index in [2.05, 4.69) is 37.3 Å². The van der Waals surface area contributed by atoms with E-state index in [1.54, 1.807) is 13.1 Å². The van der Waals surface area contributed by atoms with E-state index < -0.39 is 26.0 Å². The third-order valence-corrected chi connectivity index (χ3v) is 11.8. The number of benzene rings is 4. The lowest BCUT2D eigenvalue weighted by molar-refractivity contribution is -0.118. The first-order valence-corrected chi connectivity index (χ1v) is 24.5. The van der Waals surface area contributed by atoms with Crippen molar-refractivity contribution < 1.29 is 14.4 Å². The van der Waals surface area contributed by atoms with Crippen molar-refractivity contribution in [1.29, 1.82) is 0 Å². The summed E-state index contributed by atoms with van der Waals surface area (Å²) in [5, 5.41) is 8.20. The Bertz CT molecular complexity index is 2760. The molecule has 360 valence electrons. The number of hydrazone groups is 2. The normalized spacial score (nSPS) is 9.67. The maximum atomic E-state index is 11.0. The number of amides is 1. The van der Waals surface area contributed by atoms with Gasteiger partial charge in [0.1, 0.15) is 43.5 Å². The fraction of sp³-hybridized carbons (Fsp3) is 0.341. The van der Waals surface area contributed by atoms with E-state index in [9.17, 15) is 9.59 Å². The van der Waals surface area contributed by atoms with Crippen molar-refractivity contribution in [2.45, 2.75) is 104 Å². The molecule has 0 aliphatic heterocycles. The van der Waals surface area contributed by atoms with Gasteiger partial charge in [-0.05, 0) is 119 Å². The van der Waals surface area contributed by atoms with Gasteiger partial charge in [0.2, 0.25) is 5.91 Å². The Balaban J connectivity index is 0. The first kappa shape index (κ1) is 76.8. The predicted octanol–water partition coefficient (Wildman–Crippen LogP) is -9.06. The summed E-state index contributed by atoms with van der Waals surface area (Å²) in [5.74, 6) is 5.39. The minimum atomic E-state index is -0.714. The zero-order valence-electron chi connectivity index (χ0n) is 48.7. The van der Waals surface area contributed by atoms with Crippen LogP contribution in [0.4, 0.5) is 22.7 Å². The molecule has 0 bridgehead atoms. The number of nitrogens with two attached hydrogens (primary N) is 1. The molecule has 0 saturated heterocycles. The lowest BCUT2D eigenvalue weighted by Gasteiger charge is -2.25. The van der Waals surface area contributed by atoms with Gasteiger partial charge in [-0.2, -0.15) is 10.2 Å². The molecule has 4 aromatic carbocycles. The number of carbonyl (C=O) groups excluding carboxylic acids is 3. The summed E-state index contributed by atoms with van der Waals surface area (Å²) in [6, 6.07) is 0. The highest BCUT2D eigenvalue weighted by Gasteiger charge is 2.22. The highest BCUT2D eigenvalue weighted by atomic mass is 16.2. The largest absolute Gasteiger partial charge is 0.324 e. The molecular formula is C44H54B24N8O3. The van der Waals surface area contributed by atoms with Gasteiger partial charge in [0.25, 0.3) is 0 Å². The summed E-state index contributed by atoms with van der Waals surface area (Å²) in [7, 11) is 98.7. The second-order valence-corrected chi connectivity index (χ2v) is 18.0. The van der Waals surface area contributed by atoms with Gasteiger partial charge in [-0.25, -0.2) is 0 Å². The monoisotopic (exact) mass is 1010 g/mol. The molecule has 0 heterocycles. The number of nitrogen functional groups attached to an aromatic ring is 1. The second kappa shape index (κ2) is 37.7. The molecule has 79 heavy (non-hydrogen) atoms. The Hall–Kier alpha value is -4.25. The molecular weight excluding hydrogens is 948 g/mol. The van der Waals surface area contributed by atoms with Crippen LogP contribution in [0.3, 0.4) is 0 Å². The second-order valence-electron chi connectivity index (χ2n) is 18.0. The van der Waals surface area contributed by atoms with E-state index in [1.807, 2.05) is 69.2 Å². The van der Waals surface area contributed by atoms with Gasteiger partial charge < -0.3 is 15.0 Å². The average molecular weight is 1000 g/mol. The Morgan fingerprint density at radius 2 is 0.734 bits per heavy atom. The summed E-state index contributed by atoms with van der Waals surface area (Å²) < 4.78 is 0. The molecule has 11 nitrogen and oxygen atoms in total. The van der Waals surface area contributed by atoms with Crippen molar-refractivity contribution in [3.63, 3.8) is 0 Å². The first-order chi connectivity index (χ1) is 36.7. The molecule has 0 aliphatic carbocycles.